The molecule has 2 aromatic carbocycles. The SMILES string of the molecule is O=c1[nH]c2cc(NS(=O)(=O)c3ccccc3Br)ccc2o1. The number of aromatic nitrogens is 1. The fourth-order valence-electron chi connectivity index (χ4n) is 1.89. The highest BCUT2D eigenvalue weighted by atomic mass is 79.9. The molecule has 3 rings (SSSR count). The number of halogens is 1. The zero-order valence-corrected chi connectivity index (χ0v) is 12.9. The highest BCUT2D eigenvalue weighted by molar-refractivity contribution is 9.10. The molecule has 3 aromatic rings. The van der Waals surface area contributed by atoms with Crippen LogP contribution >= 0.6 is 15.9 Å². The number of benzene rings is 2. The lowest BCUT2D eigenvalue weighted by Gasteiger charge is -2.09. The van der Waals surface area contributed by atoms with E-state index in [1.54, 1.807) is 18.2 Å². The van der Waals surface area contributed by atoms with E-state index < -0.39 is 15.8 Å². The Balaban J connectivity index is 2.01. The van der Waals surface area contributed by atoms with Crippen LogP contribution in [0.15, 0.2) is 61.0 Å². The number of oxazole rings is 1. The number of fused-ring (bicyclic) bond motifs is 1. The van der Waals surface area contributed by atoms with Crippen molar-refractivity contribution in [1.29, 1.82) is 0 Å². The van der Waals surface area contributed by atoms with Gasteiger partial charge in [-0.15, -0.1) is 0 Å². The molecule has 8 heteroatoms. The van der Waals surface area contributed by atoms with Crippen LogP contribution in [0, 0.1) is 0 Å². The summed E-state index contributed by atoms with van der Waals surface area (Å²) in [7, 11) is -3.73. The minimum Gasteiger partial charge on any atom is -0.408 e. The van der Waals surface area contributed by atoms with Crippen molar-refractivity contribution in [3.8, 4) is 0 Å². The van der Waals surface area contributed by atoms with Gasteiger partial charge in [0, 0.05) is 4.47 Å². The van der Waals surface area contributed by atoms with Crippen LogP contribution in [0.4, 0.5) is 5.69 Å². The van der Waals surface area contributed by atoms with E-state index in [9.17, 15) is 13.2 Å². The van der Waals surface area contributed by atoms with Crippen molar-refractivity contribution < 1.29 is 12.8 Å². The molecular formula is C13H9BrN2O4S. The van der Waals surface area contributed by atoms with Crippen molar-refractivity contribution in [1.82, 2.24) is 4.98 Å². The molecule has 21 heavy (non-hydrogen) atoms. The molecule has 0 saturated heterocycles. The molecule has 0 aliphatic heterocycles. The summed E-state index contributed by atoms with van der Waals surface area (Å²) in [5, 5.41) is 0. The molecule has 108 valence electrons. The van der Waals surface area contributed by atoms with Gasteiger partial charge in [0.2, 0.25) is 0 Å². The highest BCUT2D eigenvalue weighted by Gasteiger charge is 2.17. The molecule has 0 unspecified atom stereocenters. The predicted molar refractivity (Wildman–Crippen MR) is 81.8 cm³/mol. The topological polar surface area (TPSA) is 92.2 Å². The molecule has 6 nitrogen and oxygen atoms in total. The lowest BCUT2D eigenvalue weighted by atomic mass is 10.3. The Labute approximate surface area is 128 Å². The molecule has 2 N–H and O–H groups in total. The maximum absolute atomic E-state index is 12.3. The zero-order valence-electron chi connectivity index (χ0n) is 10.5. The van der Waals surface area contributed by atoms with Gasteiger partial charge in [0.15, 0.2) is 5.58 Å². The van der Waals surface area contributed by atoms with E-state index in [1.807, 2.05) is 0 Å². The number of nitrogens with one attached hydrogen (secondary N) is 2. The molecule has 0 aliphatic rings. The Morgan fingerprint density at radius 3 is 2.67 bits per heavy atom. The second kappa shape index (κ2) is 5.05. The van der Waals surface area contributed by atoms with Gasteiger partial charge in [-0.3, -0.25) is 9.71 Å². The van der Waals surface area contributed by atoms with Crippen LogP contribution < -0.4 is 10.5 Å². The standard InChI is InChI=1S/C13H9BrN2O4S/c14-9-3-1-2-4-12(9)21(18,19)16-8-5-6-11-10(7-8)15-13(17)20-11/h1-7,16H,(H,15,17). The predicted octanol–water partition coefficient (Wildman–Crippen LogP) is 2.68. The van der Waals surface area contributed by atoms with Gasteiger partial charge in [-0.1, -0.05) is 12.1 Å². The molecule has 1 aromatic heterocycles. The Morgan fingerprint density at radius 1 is 1.14 bits per heavy atom. The molecule has 0 bridgehead atoms. The van der Waals surface area contributed by atoms with Crippen LogP contribution in [0.3, 0.4) is 0 Å². The van der Waals surface area contributed by atoms with Crippen LogP contribution in [-0.4, -0.2) is 13.4 Å². The normalized spacial score (nSPS) is 11.7. The number of aromatic amines is 1. The first-order valence-corrected chi connectivity index (χ1v) is 8.13. The molecule has 0 spiro atoms. The van der Waals surface area contributed by atoms with Crippen molar-refractivity contribution in [3.63, 3.8) is 0 Å². The summed E-state index contributed by atoms with van der Waals surface area (Å²) < 4.78 is 32.4. The minimum atomic E-state index is -3.73. The number of rotatable bonds is 3. The summed E-state index contributed by atoms with van der Waals surface area (Å²) in [5.74, 6) is -0.587. The van der Waals surface area contributed by atoms with Gasteiger partial charge in [0.1, 0.15) is 4.90 Å². The quantitative estimate of drug-likeness (QED) is 0.743. The van der Waals surface area contributed by atoms with Crippen LogP contribution in [-0.2, 0) is 10.0 Å². The van der Waals surface area contributed by atoms with Crippen LogP contribution in [0.25, 0.3) is 11.1 Å². The molecule has 0 radical (unpaired) electrons. The third kappa shape index (κ3) is 2.72. The van der Waals surface area contributed by atoms with Crippen molar-refractivity contribution >= 4 is 42.7 Å². The summed E-state index contributed by atoms with van der Waals surface area (Å²) in [6, 6.07) is 11.0. The van der Waals surface area contributed by atoms with Crippen LogP contribution in [0.2, 0.25) is 0 Å². The molecule has 0 amide bonds. The lowest BCUT2D eigenvalue weighted by Crippen LogP contribution is -2.13. The molecule has 0 aliphatic carbocycles. The first-order valence-electron chi connectivity index (χ1n) is 5.86. The van der Waals surface area contributed by atoms with E-state index in [0.29, 0.717) is 21.3 Å². The number of sulfonamides is 1. The summed E-state index contributed by atoms with van der Waals surface area (Å²) in [4.78, 5) is 13.7. The van der Waals surface area contributed by atoms with E-state index >= 15 is 0 Å². The average Bonchev–Trinajstić information content (AvgIpc) is 2.78. The maximum Gasteiger partial charge on any atom is 0.417 e. The van der Waals surface area contributed by atoms with Crippen molar-refractivity contribution in [2.75, 3.05) is 4.72 Å². The largest absolute Gasteiger partial charge is 0.417 e. The summed E-state index contributed by atoms with van der Waals surface area (Å²) >= 11 is 3.21. The third-order valence-electron chi connectivity index (χ3n) is 2.80. The van der Waals surface area contributed by atoms with Gasteiger partial charge in [-0.2, -0.15) is 0 Å². The van der Waals surface area contributed by atoms with E-state index in [4.69, 9.17) is 4.42 Å². The smallest absolute Gasteiger partial charge is 0.408 e. The van der Waals surface area contributed by atoms with Crippen LogP contribution in [0.5, 0.6) is 0 Å². The summed E-state index contributed by atoms with van der Waals surface area (Å²) in [6.45, 7) is 0. The van der Waals surface area contributed by atoms with Crippen LogP contribution in [0.1, 0.15) is 0 Å². The summed E-state index contributed by atoms with van der Waals surface area (Å²) in [6.07, 6.45) is 0. The van der Waals surface area contributed by atoms with E-state index in [1.165, 1.54) is 24.3 Å². The van der Waals surface area contributed by atoms with Crippen molar-refractivity contribution in [2.24, 2.45) is 0 Å². The Kier molecular flexibility index (Phi) is 3.34. The number of H-pyrrole nitrogens is 1. The first kappa shape index (κ1) is 13.9. The monoisotopic (exact) mass is 368 g/mol. The average molecular weight is 369 g/mol. The number of anilines is 1. The Hall–Kier alpha value is -2.06. The minimum absolute atomic E-state index is 0.130. The van der Waals surface area contributed by atoms with Gasteiger partial charge in [-0.25, -0.2) is 13.2 Å². The van der Waals surface area contributed by atoms with Gasteiger partial charge in [-0.05, 0) is 46.3 Å². The van der Waals surface area contributed by atoms with Crippen molar-refractivity contribution in [2.45, 2.75) is 4.90 Å². The third-order valence-corrected chi connectivity index (χ3v) is 5.19. The zero-order chi connectivity index (χ0) is 15.0. The van der Waals surface area contributed by atoms with E-state index in [0.717, 1.165) is 0 Å². The maximum atomic E-state index is 12.3. The fourth-order valence-corrected chi connectivity index (χ4v) is 3.94. The molecule has 1 heterocycles. The number of hydrogen-bond donors (Lipinski definition) is 2. The molecule has 0 saturated carbocycles. The number of hydrogen-bond acceptors (Lipinski definition) is 4. The lowest BCUT2D eigenvalue weighted by molar-refractivity contribution is 0.555. The molecule has 0 atom stereocenters. The van der Waals surface area contributed by atoms with Crippen molar-refractivity contribution in [3.05, 3.63) is 57.5 Å². The first-order chi connectivity index (χ1) is 9.95. The fraction of sp³-hybridized carbons (Fsp3) is 0. The van der Waals surface area contributed by atoms with E-state index in [-0.39, 0.29) is 4.90 Å². The van der Waals surface area contributed by atoms with Gasteiger partial charge < -0.3 is 4.42 Å². The highest BCUT2D eigenvalue weighted by Crippen LogP contribution is 2.24. The summed E-state index contributed by atoms with van der Waals surface area (Å²) in [5.41, 5.74) is 1.12. The molecular weight excluding hydrogens is 360 g/mol. The second-order valence-electron chi connectivity index (χ2n) is 4.26. The second-order valence-corrected chi connectivity index (χ2v) is 6.77. The van der Waals surface area contributed by atoms with Gasteiger partial charge >= 0.3 is 5.76 Å². The Bertz CT molecular complexity index is 975. The Morgan fingerprint density at radius 2 is 1.90 bits per heavy atom. The van der Waals surface area contributed by atoms with E-state index in [2.05, 4.69) is 25.6 Å². The van der Waals surface area contributed by atoms with Gasteiger partial charge in [0.05, 0.1) is 11.2 Å². The van der Waals surface area contributed by atoms with Gasteiger partial charge in [0.25, 0.3) is 10.0 Å². The molecule has 0 fully saturated rings.